The van der Waals surface area contributed by atoms with Gasteiger partial charge < -0.3 is 14.8 Å². The summed E-state index contributed by atoms with van der Waals surface area (Å²) in [5, 5.41) is 3.44. The highest BCUT2D eigenvalue weighted by molar-refractivity contribution is 5.27. The fraction of sp³-hybridized carbons (Fsp3) is 0.739. The van der Waals surface area contributed by atoms with E-state index < -0.39 is 0 Å². The molecule has 1 aromatic rings. The van der Waals surface area contributed by atoms with Crippen molar-refractivity contribution < 1.29 is 9.47 Å². The Kier molecular flexibility index (Phi) is 11.5. The van der Waals surface area contributed by atoms with Crippen LogP contribution >= 0.6 is 0 Å². The predicted octanol–water partition coefficient (Wildman–Crippen LogP) is 5.37. The van der Waals surface area contributed by atoms with Gasteiger partial charge in [-0.05, 0) is 82.2 Å². The van der Waals surface area contributed by atoms with Gasteiger partial charge in [0.1, 0.15) is 5.75 Å². The number of unbranched alkanes of at least 4 members (excludes halogenated alkanes) is 4. The molecule has 0 aromatic heterocycles. The lowest BCUT2D eigenvalue weighted by Gasteiger charge is -2.22. The minimum Gasteiger partial charge on any atom is -0.494 e. The molecule has 26 heavy (non-hydrogen) atoms. The van der Waals surface area contributed by atoms with Gasteiger partial charge in [-0.3, -0.25) is 0 Å². The van der Waals surface area contributed by atoms with E-state index in [0.717, 1.165) is 37.9 Å². The molecule has 1 fully saturated rings. The molecule has 0 spiro atoms. The Morgan fingerprint density at radius 2 is 1.58 bits per heavy atom. The van der Waals surface area contributed by atoms with E-state index in [1.54, 1.807) is 0 Å². The van der Waals surface area contributed by atoms with Crippen molar-refractivity contribution in [2.24, 2.45) is 5.92 Å². The summed E-state index contributed by atoms with van der Waals surface area (Å²) in [5.74, 6) is 1.95. The van der Waals surface area contributed by atoms with Crippen molar-refractivity contribution >= 4 is 0 Å². The summed E-state index contributed by atoms with van der Waals surface area (Å²) in [5.41, 5.74) is 1.41. The zero-order valence-corrected chi connectivity index (χ0v) is 16.8. The van der Waals surface area contributed by atoms with Crippen molar-refractivity contribution in [3.05, 3.63) is 29.8 Å². The van der Waals surface area contributed by atoms with E-state index >= 15 is 0 Å². The molecule has 0 amide bonds. The largest absolute Gasteiger partial charge is 0.494 e. The summed E-state index contributed by atoms with van der Waals surface area (Å²) in [6, 6.07) is 8.52. The van der Waals surface area contributed by atoms with Crippen LogP contribution in [-0.2, 0) is 11.2 Å². The van der Waals surface area contributed by atoms with Gasteiger partial charge in [0.05, 0.1) is 6.61 Å². The molecule has 0 bridgehead atoms. The SMILES string of the molecule is CCOc1ccc(CCCCCOCCCCCC2CCNCC2)cc1. The molecule has 3 heteroatoms. The standard InChI is InChI=1S/C23H39NO2/c1-2-26-23-13-11-21(12-14-23)9-5-3-7-19-25-20-8-4-6-10-22-15-17-24-18-16-22/h11-14,22,24H,2-10,15-20H2,1H3. The van der Waals surface area contributed by atoms with Gasteiger partial charge in [0.25, 0.3) is 0 Å². The Labute approximate surface area is 160 Å². The number of aryl methyl sites for hydroxylation is 1. The molecule has 0 saturated carbocycles. The van der Waals surface area contributed by atoms with Gasteiger partial charge in [0.2, 0.25) is 0 Å². The topological polar surface area (TPSA) is 30.5 Å². The van der Waals surface area contributed by atoms with E-state index in [1.165, 1.54) is 76.4 Å². The van der Waals surface area contributed by atoms with Crippen molar-refractivity contribution in [1.29, 1.82) is 0 Å². The molecule has 0 aliphatic carbocycles. The predicted molar refractivity (Wildman–Crippen MR) is 110 cm³/mol. The first-order chi connectivity index (χ1) is 12.9. The van der Waals surface area contributed by atoms with Gasteiger partial charge in [0, 0.05) is 13.2 Å². The lowest BCUT2D eigenvalue weighted by Crippen LogP contribution is -2.27. The van der Waals surface area contributed by atoms with Gasteiger partial charge in [-0.1, -0.05) is 37.8 Å². The quantitative estimate of drug-likeness (QED) is 0.452. The van der Waals surface area contributed by atoms with Crippen LogP contribution < -0.4 is 10.1 Å². The first-order valence-corrected chi connectivity index (χ1v) is 10.9. The molecule has 1 aliphatic heterocycles. The zero-order chi connectivity index (χ0) is 18.3. The Bertz CT molecular complexity index is 440. The molecule has 0 unspecified atom stereocenters. The summed E-state index contributed by atoms with van der Waals surface area (Å²) >= 11 is 0. The Morgan fingerprint density at radius 1 is 0.885 bits per heavy atom. The zero-order valence-electron chi connectivity index (χ0n) is 16.8. The van der Waals surface area contributed by atoms with E-state index in [4.69, 9.17) is 9.47 Å². The molecule has 3 nitrogen and oxygen atoms in total. The van der Waals surface area contributed by atoms with Crippen molar-refractivity contribution in [3.8, 4) is 5.75 Å². The molecule has 148 valence electrons. The van der Waals surface area contributed by atoms with E-state index in [-0.39, 0.29) is 0 Å². The van der Waals surface area contributed by atoms with Crippen molar-refractivity contribution in [2.75, 3.05) is 32.9 Å². The smallest absolute Gasteiger partial charge is 0.119 e. The third-order valence-corrected chi connectivity index (χ3v) is 5.35. The van der Waals surface area contributed by atoms with E-state index in [1.807, 2.05) is 6.92 Å². The Balaban J connectivity index is 1.34. The highest BCUT2D eigenvalue weighted by Crippen LogP contribution is 2.19. The number of rotatable bonds is 14. The third kappa shape index (κ3) is 9.59. The molecular weight excluding hydrogens is 322 g/mol. The van der Waals surface area contributed by atoms with Crippen molar-refractivity contribution in [2.45, 2.75) is 71.1 Å². The summed E-state index contributed by atoms with van der Waals surface area (Å²) in [6.45, 7) is 7.09. The van der Waals surface area contributed by atoms with Gasteiger partial charge >= 0.3 is 0 Å². The van der Waals surface area contributed by atoms with Crippen molar-refractivity contribution in [3.63, 3.8) is 0 Å². The molecule has 1 aliphatic rings. The molecule has 1 heterocycles. The number of nitrogens with one attached hydrogen (secondary N) is 1. The molecule has 0 radical (unpaired) electrons. The van der Waals surface area contributed by atoms with Crippen molar-refractivity contribution in [1.82, 2.24) is 5.32 Å². The molecule has 1 saturated heterocycles. The fourth-order valence-corrected chi connectivity index (χ4v) is 3.72. The van der Waals surface area contributed by atoms with Gasteiger partial charge in [-0.25, -0.2) is 0 Å². The summed E-state index contributed by atoms with van der Waals surface area (Å²) in [6.07, 6.45) is 13.0. The summed E-state index contributed by atoms with van der Waals surface area (Å²) < 4.78 is 11.3. The molecule has 2 rings (SSSR count). The maximum Gasteiger partial charge on any atom is 0.119 e. The van der Waals surface area contributed by atoms with Gasteiger partial charge in [0.15, 0.2) is 0 Å². The first-order valence-electron chi connectivity index (χ1n) is 10.9. The van der Waals surface area contributed by atoms with Crippen LogP contribution in [0.4, 0.5) is 0 Å². The van der Waals surface area contributed by atoms with Crippen LogP contribution in [0.25, 0.3) is 0 Å². The molecule has 1 N–H and O–H groups in total. The lowest BCUT2D eigenvalue weighted by molar-refractivity contribution is 0.125. The van der Waals surface area contributed by atoms with Crippen LogP contribution in [0.2, 0.25) is 0 Å². The monoisotopic (exact) mass is 361 g/mol. The maximum atomic E-state index is 5.79. The first kappa shape index (κ1) is 21.2. The summed E-state index contributed by atoms with van der Waals surface area (Å²) in [7, 11) is 0. The fourth-order valence-electron chi connectivity index (χ4n) is 3.72. The normalized spacial score (nSPS) is 15.3. The van der Waals surface area contributed by atoms with Gasteiger partial charge in [-0.15, -0.1) is 0 Å². The minimum atomic E-state index is 0.734. The van der Waals surface area contributed by atoms with Crippen LogP contribution in [0.5, 0.6) is 5.75 Å². The molecule has 0 atom stereocenters. The maximum absolute atomic E-state index is 5.79. The second kappa shape index (κ2) is 14.1. The number of ether oxygens (including phenoxy) is 2. The van der Waals surface area contributed by atoms with Crippen LogP contribution in [0, 0.1) is 5.92 Å². The Morgan fingerprint density at radius 3 is 2.27 bits per heavy atom. The van der Waals surface area contributed by atoms with E-state index in [2.05, 4.69) is 29.6 Å². The highest BCUT2D eigenvalue weighted by Gasteiger charge is 2.11. The van der Waals surface area contributed by atoms with Crippen LogP contribution in [-0.4, -0.2) is 32.9 Å². The number of benzene rings is 1. The van der Waals surface area contributed by atoms with Crippen LogP contribution in [0.15, 0.2) is 24.3 Å². The minimum absolute atomic E-state index is 0.734. The van der Waals surface area contributed by atoms with E-state index in [0.29, 0.717) is 0 Å². The number of piperidine rings is 1. The Hall–Kier alpha value is -1.06. The third-order valence-electron chi connectivity index (χ3n) is 5.35. The molecule has 1 aromatic carbocycles. The van der Waals surface area contributed by atoms with Crippen LogP contribution in [0.3, 0.4) is 0 Å². The second-order valence-corrected chi connectivity index (χ2v) is 7.54. The van der Waals surface area contributed by atoms with Gasteiger partial charge in [-0.2, -0.15) is 0 Å². The second-order valence-electron chi connectivity index (χ2n) is 7.54. The average Bonchev–Trinajstić information content (AvgIpc) is 2.68. The average molecular weight is 362 g/mol. The van der Waals surface area contributed by atoms with Crippen LogP contribution in [0.1, 0.15) is 70.3 Å². The number of hydrogen-bond donors (Lipinski definition) is 1. The summed E-state index contributed by atoms with van der Waals surface area (Å²) in [4.78, 5) is 0. The molecular formula is C23H39NO2. The number of hydrogen-bond acceptors (Lipinski definition) is 3. The lowest BCUT2D eigenvalue weighted by atomic mass is 9.92. The highest BCUT2D eigenvalue weighted by atomic mass is 16.5. The van der Waals surface area contributed by atoms with E-state index in [9.17, 15) is 0 Å².